The van der Waals surface area contributed by atoms with Gasteiger partial charge in [-0.2, -0.15) is 0 Å². The first-order valence-electron chi connectivity index (χ1n) is 5.32. The highest BCUT2D eigenvalue weighted by Crippen LogP contribution is 2.20. The van der Waals surface area contributed by atoms with Gasteiger partial charge in [0.05, 0.1) is 0 Å². The van der Waals surface area contributed by atoms with Crippen LogP contribution in [0.5, 0.6) is 0 Å². The monoisotopic (exact) mass is 190 g/mol. The van der Waals surface area contributed by atoms with Crippen LogP contribution < -0.4 is 5.73 Å². The zero-order chi connectivity index (χ0) is 9.97. The Balaban J connectivity index is 1.92. The maximum Gasteiger partial charge on any atom is 0.0424 e. The normalized spacial score (nSPS) is 24.3. The molecular weight excluding hydrogens is 172 g/mol. The summed E-state index contributed by atoms with van der Waals surface area (Å²) in [7, 11) is 0. The Kier molecular flexibility index (Phi) is 2.85. The summed E-state index contributed by atoms with van der Waals surface area (Å²) in [4.78, 5) is 2.44. The van der Waals surface area contributed by atoms with Crippen LogP contribution in [0.25, 0.3) is 0 Å². The SMILES string of the molecule is CC1CCN1CC(N)c1ccccc1. The maximum absolute atomic E-state index is 6.13. The number of benzene rings is 1. The van der Waals surface area contributed by atoms with E-state index in [1.807, 2.05) is 6.07 Å². The van der Waals surface area contributed by atoms with E-state index >= 15 is 0 Å². The van der Waals surface area contributed by atoms with Gasteiger partial charge in [-0.15, -0.1) is 0 Å². The fourth-order valence-electron chi connectivity index (χ4n) is 1.90. The van der Waals surface area contributed by atoms with E-state index in [4.69, 9.17) is 5.73 Å². The van der Waals surface area contributed by atoms with Crippen molar-refractivity contribution in [2.75, 3.05) is 13.1 Å². The van der Waals surface area contributed by atoms with Crippen molar-refractivity contribution in [1.82, 2.24) is 4.90 Å². The molecule has 0 aromatic heterocycles. The molecule has 1 saturated heterocycles. The van der Waals surface area contributed by atoms with E-state index in [2.05, 4.69) is 36.1 Å². The molecule has 1 fully saturated rings. The minimum Gasteiger partial charge on any atom is -0.323 e. The Labute approximate surface area is 85.7 Å². The van der Waals surface area contributed by atoms with Crippen molar-refractivity contribution >= 4 is 0 Å². The molecule has 0 amide bonds. The molecule has 1 heterocycles. The summed E-state index contributed by atoms with van der Waals surface area (Å²) in [6.45, 7) is 4.47. The molecule has 2 heteroatoms. The second kappa shape index (κ2) is 4.11. The zero-order valence-electron chi connectivity index (χ0n) is 8.69. The largest absolute Gasteiger partial charge is 0.323 e. The first-order chi connectivity index (χ1) is 6.77. The third kappa shape index (κ3) is 1.97. The fraction of sp³-hybridized carbons (Fsp3) is 0.500. The molecule has 0 spiro atoms. The van der Waals surface area contributed by atoms with Crippen LogP contribution in [0.3, 0.4) is 0 Å². The Hall–Kier alpha value is -0.860. The second-order valence-electron chi connectivity index (χ2n) is 4.15. The lowest BCUT2D eigenvalue weighted by Gasteiger charge is -2.40. The number of rotatable bonds is 3. The van der Waals surface area contributed by atoms with Gasteiger partial charge < -0.3 is 5.73 Å². The topological polar surface area (TPSA) is 29.3 Å². The molecule has 1 aliphatic rings. The molecule has 2 nitrogen and oxygen atoms in total. The molecule has 1 aromatic rings. The van der Waals surface area contributed by atoms with Crippen molar-refractivity contribution in [2.45, 2.75) is 25.4 Å². The molecule has 2 rings (SSSR count). The fourth-order valence-corrected chi connectivity index (χ4v) is 1.90. The Morgan fingerprint density at radius 1 is 1.43 bits per heavy atom. The minimum absolute atomic E-state index is 0.166. The molecule has 2 unspecified atom stereocenters. The molecule has 2 atom stereocenters. The Bertz CT molecular complexity index is 284. The summed E-state index contributed by atoms with van der Waals surface area (Å²) < 4.78 is 0. The third-order valence-corrected chi connectivity index (χ3v) is 3.12. The van der Waals surface area contributed by atoms with Crippen LogP contribution >= 0.6 is 0 Å². The van der Waals surface area contributed by atoms with E-state index in [1.54, 1.807) is 0 Å². The van der Waals surface area contributed by atoms with Crippen LogP contribution in [-0.2, 0) is 0 Å². The molecule has 0 aliphatic carbocycles. The van der Waals surface area contributed by atoms with Gasteiger partial charge in [-0.25, -0.2) is 0 Å². The van der Waals surface area contributed by atoms with Gasteiger partial charge in [0.25, 0.3) is 0 Å². The lowest BCUT2D eigenvalue weighted by Crippen LogP contribution is -2.48. The molecule has 2 N–H and O–H groups in total. The quantitative estimate of drug-likeness (QED) is 0.787. The highest BCUT2D eigenvalue weighted by Gasteiger charge is 2.24. The third-order valence-electron chi connectivity index (χ3n) is 3.12. The molecule has 0 radical (unpaired) electrons. The van der Waals surface area contributed by atoms with Crippen LogP contribution in [-0.4, -0.2) is 24.0 Å². The van der Waals surface area contributed by atoms with E-state index in [9.17, 15) is 0 Å². The van der Waals surface area contributed by atoms with E-state index in [0.29, 0.717) is 0 Å². The maximum atomic E-state index is 6.13. The lowest BCUT2D eigenvalue weighted by atomic mass is 10.0. The zero-order valence-corrected chi connectivity index (χ0v) is 8.69. The van der Waals surface area contributed by atoms with Crippen molar-refractivity contribution in [1.29, 1.82) is 0 Å². The molecule has 1 aromatic carbocycles. The highest BCUT2D eigenvalue weighted by molar-refractivity contribution is 5.18. The van der Waals surface area contributed by atoms with Crippen LogP contribution in [0, 0.1) is 0 Å². The van der Waals surface area contributed by atoms with Crippen molar-refractivity contribution in [3.63, 3.8) is 0 Å². The van der Waals surface area contributed by atoms with Gasteiger partial charge in [0, 0.05) is 18.6 Å². The van der Waals surface area contributed by atoms with Gasteiger partial charge in [0.1, 0.15) is 0 Å². The van der Waals surface area contributed by atoms with Crippen LogP contribution in [0.15, 0.2) is 30.3 Å². The van der Waals surface area contributed by atoms with Gasteiger partial charge in [-0.1, -0.05) is 30.3 Å². The van der Waals surface area contributed by atoms with E-state index in [1.165, 1.54) is 18.5 Å². The molecule has 0 bridgehead atoms. The van der Waals surface area contributed by atoms with Gasteiger partial charge in [0.15, 0.2) is 0 Å². The first-order valence-corrected chi connectivity index (χ1v) is 5.32. The van der Waals surface area contributed by atoms with E-state index < -0.39 is 0 Å². The molecule has 76 valence electrons. The molecule has 1 aliphatic heterocycles. The van der Waals surface area contributed by atoms with E-state index in [-0.39, 0.29) is 6.04 Å². The summed E-state index contributed by atoms with van der Waals surface area (Å²) in [5, 5.41) is 0. The second-order valence-corrected chi connectivity index (χ2v) is 4.15. The van der Waals surface area contributed by atoms with E-state index in [0.717, 1.165) is 12.6 Å². The van der Waals surface area contributed by atoms with Gasteiger partial charge in [0.2, 0.25) is 0 Å². The predicted octanol–water partition coefficient (Wildman–Crippen LogP) is 1.78. The number of likely N-dealkylation sites (tertiary alicyclic amines) is 1. The lowest BCUT2D eigenvalue weighted by molar-refractivity contribution is 0.0968. The van der Waals surface area contributed by atoms with Crippen molar-refractivity contribution in [2.24, 2.45) is 5.73 Å². The van der Waals surface area contributed by atoms with Gasteiger partial charge >= 0.3 is 0 Å². The number of hydrogen-bond acceptors (Lipinski definition) is 2. The molecular formula is C12H18N2. The standard InChI is InChI=1S/C12H18N2/c1-10-7-8-14(10)9-12(13)11-5-3-2-4-6-11/h2-6,10,12H,7-9,13H2,1H3. The molecule has 0 saturated carbocycles. The van der Waals surface area contributed by atoms with Crippen LogP contribution in [0.4, 0.5) is 0 Å². The Morgan fingerprint density at radius 2 is 2.14 bits per heavy atom. The van der Waals surface area contributed by atoms with Crippen molar-refractivity contribution in [3.05, 3.63) is 35.9 Å². The number of hydrogen-bond donors (Lipinski definition) is 1. The summed E-state index contributed by atoms with van der Waals surface area (Å²) in [6.07, 6.45) is 1.32. The highest BCUT2D eigenvalue weighted by atomic mass is 15.2. The molecule has 14 heavy (non-hydrogen) atoms. The summed E-state index contributed by atoms with van der Waals surface area (Å²) in [6, 6.07) is 11.2. The Morgan fingerprint density at radius 3 is 2.64 bits per heavy atom. The van der Waals surface area contributed by atoms with Crippen LogP contribution in [0.1, 0.15) is 24.9 Å². The minimum atomic E-state index is 0.166. The summed E-state index contributed by atoms with van der Waals surface area (Å²) in [5.41, 5.74) is 7.37. The van der Waals surface area contributed by atoms with Crippen molar-refractivity contribution in [3.8, 4) is 0 Å². The summed E-state index contributed by atoms with van der Waals surface area (Å²) in [5.74, 6) is 0. The number of nitrogens with two attached hydrogens (primary N) is 1. The van der Waals surface area contributed by atoms with Crippen molar-refractivity contribution < 1.29 is 0 Å². The van der Waals surface area contributed by atoms with Crippen LogP contribution in [0.2, 0.25) is 0 Å². The predicted molar refractivity (Wildman–Crippen MR) is 59.0 cm³/mol. The smallest absolute Gasteiger partial charge is 0.0424 e. The number of nitrogens with zero attached hydrogens (tertiary/aromatic N) is 1. The average molecular weight is 190 g/mol. The average Bonchev–Trinajstić information content (AvgIpc) is 2.24. The summed E-state index contributed by atoms with van der Waals surface area (Å²) >= 11 is 0. The van der Waals surface area contributed by atoms with Gasteiger partial charge in [-0.3, -0.25) is 4.90 Å². The van der Waals surface area contributed by atoms with Gasteiger partial charge in [-0.05, 0) is 25.5 Å². The first kappa shape index (κ1) is 9.69.